The molecule has 6 atom stereocenters. The van der Waals surface area contributed by atoms with Crippen LogP contribution in [-0.2, 0) is 0 Å². The van der Waals surface area contributed by atoms with Crippen LogP contribution >= 0.6 is 0 Å². The van der Waals surface area contributed by atoms with E-state index >= 15 is 0 Å². The van der Waals surface area contributed by atoms with E-state index in [4.69, 9.17) is 0 Å². The summed E-state index contributed by atoms with van der Waals surface area (Å²) in [6.45, 7) is 3.80. The van der Waals surface area contributed by atoms with Crippen LogP contribution in [0.4, 0.5) is 0 Å². The van der Waals surface area contributed by atoms with Gasteiger partial charge in [0.1, 0.15) is 0 Å². The third-order valence-electron chi connectivity index (χ3n) is 8.84. The zero-order chi connectivity index (χ0) is 12.4. The Morgan fingerprint density at radius 1 is 0.842 bits per heavy atom. The zero-order valence-corrected chi connectivity index (χ0v) is 12.1. The predicted molar refractivity (Wildman–Crippen MR) is 75.5 cm³/mol. The highest BCUT2D eigenvalue weighted by Crippen LogP contribution is 2.74. The highest BCUT2D eigenvalue weighted by atomic mass is 15.1. The standard InChI is InChI=1S/C18H27N/c1-9-7-18(19-8-9)11-5-13-12-2-10-3-15(13)17(18)16(4-10)14(12)6-11/h9-17,19H,2-8H2,1H3. The van der Waals surface area contributed by atoms with Crippen molar-refractivity contribution in [3.8, 4) is 0 Å². The maximum Gasteiger partial charge on any atom is 0.0246 e. The van der Waals surface area contributed by atoms with Crippen molar-refractivity contribution in [3.63, 3.8) is 0 Å². The van der Waals surface area contributed by atoms with Gasteiger partial charge in [0.25, 0.3) is 0 Å². The molecule has 8 aliphatic rings. The quantitative estimate of drug-likeness (QED) is 0.702. The van der Waals surface area contributed by atoms with Gasteiger partial charge >= 0.3 is 0 Å². The number of rotatable bonds is 0. The smallest absolute Gasteiger partial charge is 0.0246 e. The molecule has 1 N–H and O–H groups in total. The van der Waals surface area contributed by atoms with Gasteiger partial charge in [-0.3, -0.25) is 0 Å². The lowest BCUT2D eigenvalue weighted by Crippen LogP contribution is -2.74. The first-order chi connectivity index (χ1) is 9.26. The van der Waals surface area contributed by atoms with E-state index in [-0.39, 0.29) is 0 Å². The first-order valence-corrected chi connectivity index (χ1v) is 9.01. The summed E-state index contributed by atoms with van der Waals surface area (Å²) in [5.74, 6) is 10.1. The first-order valence-electron chi connectivity index (χ1n) is 9.01. The van der Waals surface area contributed by atoms with Crippen LogP contribution in [0, 0.1) is 53.3 Å². The molecule has 0 aromatic carbocycles. The Hall–Kier alpha value is -0.0400. The topological polar surface area (TPSA) is 12.0 Å². The zero-order valence-electron chi connectivity index (χ0n) is 12.1. The summed E-state index contributed by atoms with van der Waals surface area (Å²) in [6, 6.07) is 0. The molecule has 19 heavy (non-hydrogen) atoms. The summed E-state index contributed by atoms with van der Waals surface area (Å²) in [6.07, 6.45) is 9.63. The molecule has 7 saturated carbocycles. The van der Waals surface area contributed by atoms with Gasteiger partial charge in [-0.05, 0) is 98.3 Å². The van der Waals surface area contributed by atoms with Crippen LogP contribution in [-0.4, -0.2) is 12.1 Å². The minimum absolute atomic E-state index is 0.620. The predicted octanol–water partition coefficient (Wildman–Crippen LogP) is 3.30. The van der Waals surface area contributed by atoms with E-state index < -0.39 is 0 Å². The summed E-state index contributed by atoms with van der Waals surface area (Å²) in [5.41, 5.74) is 0.620. The van der Waals surface area contributed by atoms with Crippen LogP contribution in [0.1, 0.15) is 45.4 Å². The Bertz CT molecular complexity index is 421. The molecule has 1 nitrogen and oxygen atoms in total. The number of hydrogen-bond donors (Lipinski definition) is 1. The van der Waals surface area contributed by atoms with Crippen LogP contribution in [0.2, 0.25) is 0 Å². The summed E-state index contributed by atoms with van der Waals surface area (Å²) in [4.78, 5) is 0. The maximum atomic E-state index is 4.12. The van der Waals surface area contributed by atoms with Gasteiger partial charge in [0.15, 0.2) is 0 Å². The molecule has 1 aliphatic heterocycles. The fourth-order valence-corrected chi connectivity index (χ4v) is 8.80. The van der Waals surface area contributed by atoms with Gasteiger partial charge in [-0.2, -0.15) is 0 Å². The van der Waals surface area contributed by atoms with Crippen LogP contribution in [0.25, 0.3) is 0 Å². The fraction of sp³-hybridized carbons (Fsp3) is 1.00. The molecule has 1 spiro atoms. The van der Waals surface area contributed by atoms with Crippen LogP contribution in [0.5, 0.6) is 0 Å². The summed E-state index contributed by atoms with van der Waals surface area (Å²) in [7, 11) is 0. The highest BCUT2D eigenvalue weighted by Gasteiger charge is 2.71. The van der Waals surface area contributed by atoms with Crippen molar-refractivity contribution < 1.29 is 0 Å². The highest BCUT2D eigenvalue weighted by molar-refractivity contribution is 5.23. The second-order valence-corrected chi connectivity index (χ2v) is 9.32. The largest absolute Gasteiger partial charge is 0.310 e. The normalized spacial score (nSPS) is 71.5. The maximum absolute atomic E-state index is 4.12. The molecule has 8 rings (SSSR count). The van der Waals surface area contributed by atoms with Gasteiger partial charge in [0.2, 0.25) is 0 Å². The van der Waals surface area contributed by atoms with Crippen LogP contribution in [0.3, 0.4) is 0 Å². The van der Waals surface area contributed by atoms with Gasteiger partial charge in [-0.15, -0.1) is 0 Å². The SMILES string of the molecule is CC1CNC2(C1)C1CC3C4CC5CC3C2C(C5)C4C1. The van der Waals surface area contributed by atoms with Crippen molar-refractivity contribution in [1.29, 1.82) is 0 Å². The molecule has 1 heteroatoms. The molecule has 0 radical (unpaired) electrons. The molecule has 0 amide bonds. The first kappa shape index (κ1) is 10.7. The molecule has 8 fully saturated rings. The van der Waals surface area contributed by atoms with Gasteiger partial charge in [0, 0.05) is 5.54 Å². The van der Waals surface area contributed by atoms with Crippen LogP contribution < -0.4 is 5.32 Å². The Labute approximate surface area is 116 Å². The van der Waals surface area contributed by atoms with Gasteiger partial charge in [-0.25, -0.2) is 0 Å². The Morgan fingerprint density at radius 2 is 1.47 bits per heavy atom. The molecule has 6 unspecified atom stereocenters. The van der Waals surface area contributed by atoms with Crippen molar-refractivity contribution >= 4 is 0 Å². The molecule has 1 heterocycles. The van der Waals surface area contributed by atoms with Crippen molar-refractivity contribution in [2.45, 2.75) is 51.0 Å². The lowest BCUT2D eigenvalue weighted by atomic mass is 9.32. The van der Waals surface area contributed by atoms with Gasteiger partial charge < -0.3 is 5.32 Å². The van der Waals surface area contributed by atoms with E-state index in [0.717, 1.165) is 35.5 Å². The average Bonchev–Trinajstić information content (AvgIpc) is 2.79. The van der Waals surface area contributed by atoms with Gasteiger partial charge in [-0.1, -0.05) is 6.92 Å². The van der Waals surface area contributed by atoms with Crippen LogP contribution in [0.15, 0.2) is 0 Å². The Balaban J connectivity index is 1.51. The molecular weight excluding hydrogens is 230 g/mol. The molecule has 8 bridgehead atoms. The minimum atomic E-state index is 0.620. The van der Waals surface area contributed by atoms with Crippen molar-refractivity contribution in [2.24, 2.45) is 53.3 Å². The molecule has 1 saturated heterocycles. The number of nitrogens with one attached hydrogen (secondary N) is 1. The van der Waals surface area contributed by atoms with E-state index in [1.807, 2.05) is 0 Å². The summed E-state index contributed by atoms with van der Waals surface area (Å²) >= 11 is 0. The van der Waals surface area contributed by atoms with E-state index in [1.165, 1.54) is 30.7 Å². The molecule has 7 aliphatic carbocycles. The summed E-state index contributed by atoms with van der Waals surface area (Å²) in [5, 5.41) is 4.12. The third-order valence-corrected chi connectivity index (χ3v) is 8.84. The molecule has 104 valence electrons. The van der Waals surface area contributed by atoms with E-state index in [9.17, 15) is 0 Å². The summed E-state index contributed by atoms with van der Waals surface area (Å²) < 4.78 is 0. The second-order valence-electron chi connectivity index (χ2n) is 9.32. The minimum Gasteiger partial charge on any atom is -0.310 e. The third kappa shape index (κ3) is 1.02. The van der Waals surface area contributed by atoms with Crippen molar-refractivity contribution in [3.05, 3.63) is 0 Å². The van der Waals surface area contributed by atoms with Gasteiger partial charge in [0.05, 0.1) is 0 Å². The number of hydrogen-bond acceptors (Lipinski definition) is 1. The van der Waals surface area contributed by atoms with E-state index in [0.29, 0.717) is 5.54 Å². The molecule has 0 aromatic rings. The lowest BCUT2D eigenvalue weighted by Gasteiger charge is -2.75. The second kappa shape index (κ2) is 3.08. The van der Waals surface area contributed by atoms with Crippen molar-refractivity contribution in [2.75, 3.05) is 6.54 Å². The van der Waals surface area contributed by atoms with Crippen molar-refractivity contribution in [1.82, 2.24) is 5.32 Å². The van der Waals surface area contributed by atoms with E-state index in [1.54, 1.807) is 32.1 Å². The monoisotopic (exact) mass is 257 g/mol. The molecule has 0 aromatic heterocycles. The van der Waals surface area contributed by atoms with E-state index in [2.05, 4.69) is 12.2 Å². The average molecular weight is 257 g/mol. The molecular formula is C18H27N. The Morgan fingerprint density at radius 3 is 2.11 bits per heavy atom. The lowest BCUT2D eigenvalue weighted by molar-refractivity contribution is -0.241. The fourth-order valence-electron chi connectivity index (χ4n) is 8.80. The Kier molecular flexibility index (Phi) is 1.73.